The minimum Gasteiger partial charge on any atom is -0.472 e. The molecule has 1 aliphatic heterocycles. The molecule has 3 rings (SSSR count). The molecule has 2 aromatic rings. The van der Waals surface area contributed by atoms with Crippen molar-refractivity contribution in [1.29, 1.82) is 0 Å². The molecule has 1 heterocycles. The fourth-order valence-corrected chi connectivity index (χ4v) is 5.23. The molecule has 32 heavy (non-hydrogen) atoms. The highest BCUT2D eigenvalue weighted by Crippen LogP contribution is 2.49. The number of rotatable bonds is 5. The molecule has 2 aromatic carbocycles. The Bertz CT molecular complexity index is 1140. The second-order valence-electron chi connectivity index (χ2n) is 7.53. The third-order valence-corrected chi connectivity index (χ3v) is 7.05. The van der Waals surface area contributed by atoms with Gasteiger partial charge < -0.3 is 14.4 Å². The third kappa shape index (κ3) is 4.32. The fourth-order valence-electron chi connectivity index (χ4n) is 3.48. The van der Waals surface area contributed by atoms with Gasteiger partial charge in [-0.3, -0.25) is 0 Å². The molecule has 2 atom stereocenters. The van der Waals surface area contributed by atoms with Crippen LogP contribution in [0.15, 0.2) is 64.1 Å². The van der Waals surface area contributed by atoms with Gasteiger partial charge in [-0.15, -0.1) is 0 Å². The summed E-state index contributed by atoms with van der Waals surface area (Å²) in [5, 5.41) is 0. The molecule has 0 saturated heterocycles. The lowest BCUT2D eigenvalue weighted by Crippen LogP contribution is -2.30. The molecule has 0 amide bonds. The molecule has 0 saturated carbocycles. The maximum Gasteiger partial charge on any atom is 0.450 e. The van der Waals surface area contributed by atoms with Crippen molar-refractivity contribution in [2.75, 3.05) is 26.1 Å². The van der Waals surface area contributed by atoms with Crippen LogP contribution in [0.3, 0.4) is 0 Å². The van der Waals surface area contributed by atoms with Crippen LogP contribution < -0.4 is 4.90 Å². The highest BCUT2D eigenvalue weighted by atomic mass is 32.2. The Kier molecular flexibility index (Phi) is 6.28. The van der Waals surface area contributed by atoms with Gasteiger partial charge in [-0.25, -0.2) is 13.2 Å². The third-order valence-electron chi connectivity index (χ3n) is 5.13. The van der Waals surface area contributed by atoms with Crippen LogP contribution >= 0.6 is 0 Å². The van der Waals surface area contributed by atoms with E-state index in [0.29, 0.717) is 0 Å². The number of anilines is 1. The summed E-state index contributed by atoms with van der Waals surface area (Å²) >= 11 is 0. The van der Waals surface area contributed by atoms with Crippen molar-refractivity contribution >= 4 is 21.5 Å². The van der Waals surface area contributed by atoms with Crippen LogP contribution in [0, 0.1) is 6.92 Å². The number of hydrogen-bond donors (Lipinski definition) is 0. The summed E-state index contributed by atoms with van der Waals surface area (Å²) in [4.78, 5) is 12.8. The number of halogens is 3. The standard InChI is InChI=1S/C22H22F3NO5S/c1-13-5-11-16(12-6-13)32(28,29)19-17(14-7-9-15(10-8-14)26(2)3)18(21(27)30-4)31-20(19)22(23,24)25/h5-12,17-18H,1-4H3/t17-,18+/m0/s1. The van der Waals surface area contributed by atoms with E-state index in [4.69, 9.17) is 4.74 Å². The lowest BCUT2D eigenvalue weighted by atomic mass is 9.93. The van der Waals surface area contributed by atoms with Crippen LogP contribution in [0.5, 0.6) is 0 Å². The Morgan fingerprint density at radius 2 is 1.59 bits per heavy atom. The number of allylic oxidation sites excluding steroid dienone is 1. The van der Waals surface area contributed by atoms with Gasteiger partial charge in [0.15, 0.2) is 0 Å². The minimum absolute atomic E-state index is 0.177. The number of carbonyl (C=O) groups excluding carboxylic acids is 1. The van der Waals surface area contributed by atoms with Gasteiger partial charge in [0.2, 0.25) is 21.7 Å². The first-order valence-electron chi connectivity index (χ1n) is 9.52. The van der Waals surface area contributed by atoms with Crippen LogP contribution in [0.25, 0.3) is 0 Å². The lowest BCUT2D eigenvalue weighted by molar-refractivity contribution is -0.161. The summed E-state index contributed by atoms with van der Waals surface area (Å²) in [6.45, 7) is 1.72. The molecule has 172 valence electrons. The summed E-state index contributed by atoms with van der Waals surface area (Å²) in [6, 6.07) is 11.6. The smallest absolute Gasteiger partial charge is 0.450 e. The van der Waals surface area contributed by atoms with E-state index in [1.54, 1.807) is 38.1 Å². The zero-order valence-corrected chi connectivity index (χ0v) is 18.6. The van der Waals surface area contributed by atoms with Crippen LogP contribution in [0.4, 0.5) is 18.9 Å². The van der Waals surface area contributed by atoms with E-state index < -0.39 is 44.7 Å². The van der Waals surface area contributed by atoms with Gasteiger partial charge in [-0.2, -0.15) is 13.2 Å². The minimum atomic E-state index is -5.14. The first-order valence-corrected chi connectivity index (χ1v) is 11.0. The van der Waals surface area contributed by atoms with Gasteiger partial charge in [0.05, 0.1) is 17.9 Å². The van der Waals surface area contributed by atoms with Crippen LogP contribution in [-0.4, -0.2) is 47.9 Å². The molecule has 0 fully saturated rings. The number of aryl methyl sites for hydroxylation is 1. The predicted octanol–water partition coefficient (Wildman–Crippen LogP) is 3.96. The quantitative estimate of drug-likeness (QED) is 0.618. The number of alkyl halides is 3. The van der Waals surface area contributed by atoms with E-state index >= 15 is 0 Å². The summed E-state index contributed by atoms with van der Waals surface area (Å²) in [5.41, 5.74) is 1.65. The van der Waals surface area contributed by atoms with Crippen LogP contribution in [0.1, 0.15) is 17.0 Å². The van der Waals surface area contributed by atoms with Crippen molar-refractivity contribution in [3.63, 3.8) is 0 Å². The Labute approximate surface area is 184 Å². The average molecular weight is 469 g/mol. The molecule has 6 nitrogen and oxygen atoms in total. The lowest BCUT2D eigenvalue weighted by Gasteiger charge is -2.21. The monoisotopic (exact) mass is 469 g/mol. The van der Waals surface area contributed by atoms with Crippen molar-refractivity contribution in [2.45, 2.75) is 30.0 Å². The van der Waals surface area contributed by atoms with Crippen LogP contribution in [0.2, 0.25) is 0 Å². The summed E-state index contributed by atoms with van der Waals surface area (Å²) < 4.78 is 78.2. The number of hydrogen-bond acceptors (Lipinski definition) is 6. The summed E-state index contributed by atoms with van der Waals surface area (Å²) in [5.74, 6) is -4.36. The molecule has 0 spiro atoms. The first-order chi connectivity index (χ1) is 14.9. The van der Waals surface area contributed by atoms with Gasteiger partial charge in [-0.05, 0) is 36.8 Å². The summed E-state index contributed by atoms with van der Waals surface area (Å²) in [7, 11) is -0.117. The topological polar surface area (TPSA) is 72.9 Å². The summed E-state index contributed by atoms with van der Waals surface area (Å²) in [6.07, 6.45) is -6.95. The number of methoxy groups -OCH3 is 1. The van der Waals surface area contributed by atoms with Crippen LogP contribution in [-0.2, 0) is 24.1 Å². The highest BCUT2D eigenvalue weighted by Gasteiger charge is 2.56. The molecular weight excluding hydrogens is 447 g/mol. The predicted molar refractivity (Wildman–Crippen MR) is 112 cm³/mol. The number of ether oxygens (including phenoxy) is 2. The molecule has 0 bridgehead atoms. The first kappa shape index (κ1) is 23.6. The van der Waals surface area contributed by atoms with Crippen molar-refractivity contribution in [3.05, 3.63) is 70.3 Å². The molecule has 10 heteroatoms. The van der Waals surface area contributed by atoms with E-state index in [0.717, 1.165) is 18.4 Å². The molecule has 0 radical (unpaired) electrons. The largest absolute Gasteiger partial charge is 0.472 e. The van der Waals surface area contributed by atoms with Gasteiger partial charge in [0.1, 0.15) is 4.91 Å². The van der Waals surface area contributed by atoms with E-state index in [-0.39, 0.29) is 10.5 Å². The molecule has 1 aliphatic rings. The SMILES string of the molecule is COC(=O)[C@@H]1OC(C(F)(F)F)=C(S(=O)(=O)c2ccc(C)cc2)[C@H]1c1ccc(N(C)C)cc1. The van der Waals surface area contributed by atoms with E-state index in [2.05, 4.69) is 4.74 Å². The number of sulfone groups is 1. The number of benzene rings is 2. The molecular formula is C22H22F3NO5S. The fraction of sp³-hybridized carbons (Fsp3) is 0.318. The molecule has 0 N–H and O–H groups in total. The number of esters is 1. The van der Waals surface area contributed by atoms with Gasteiger partial charge in [-0.1, -0.05) is 29.8 Å². The Morgan fingerprint density at radius 3 is 2.06 bits per heavy atom. The van der Waals surface area contributed by atoms with Gasteiger partial charge >= 0.3 is 12.1 Å². The number of nitrogens with zero attached hydrogens (tertiary/aromatic N) is 1. The molecule has 0 unspecified atom stereocenters. The van der Waals surface area contributed by atoms with Gasteiger partial charge in [0.25, 0.3) is 0 Å². The van der Waals surface area contributed by atoms with Gasteiger partial charge in [0, 0.05) is 19.8 Å². The second-order valence-corrected chi connectivity index (χ2v) is 9.45. The highest BCUT2D eigenvalue weighted by molar-refractivity contribution is 7.95. The Hall–Kier alpha value is -3.01. The number of carbonyl (C=O) groups is 1. The Morgan fingerprint density at radius 1 is 1.03 bits per heavy atom. The van der Waals surface area contributed by atoms with Crippen molar-refractivity contribution in [1.82, 2.24) is 0 Å². The maximum atomic E-state index is 13.9. The van der Waals surface area contributed by atoms with Crippen molar-refractivity contribution in [2.24, 2.45) is 0 Å². The Balaban J connectivity index is 2.27. The maximum absolute atomic E-state index is 13.9. The van der Waals surface area contributed by atoms with Crippen molar-refractivity contribution < 1.29 is 35.9 Å². The normalized spacial score (nSPS) is 19.0. The zero-order chi connectivity index (χ0) is 23.8. The zero-order valence-electron chi connectivity index (χ0n) is 17.8. The van der Waals surface area contributed by atoms with Crippen molar-refractivity contribution in [3.8, 4) is 0 Å². The van der Waals surface area contributed by atoms with E-state index in [1.807, 2.05) is 0 Å². The van der Waals surface area contributed by atoms with E-state index in [9.17, 15) is 26.4 Å². The molecule has 0 aliphatic carbocycles. The second kappa shape index (κ2) is 8.50. The van der Waals surface area contributed by atoms with E-state index in [1.165, 1.54) is 36.4 Å². The average Bonchev–Trinajstić information content (AvgIpc) is 3.15. The molecule has 0 aromatic heterocycles.